The lowest BCUT2D eigenvalue weighted by molar-refractivity contribution is 0.344. The first-order valence-electron chi connectivity index (χ1n) is 8.61. The van der Waals surface area contributed by atoms with Crippen LogP contribution in [0.5, 0.6) is 5.75 Å². The number of aromatic nitrogens is 2. The Morgan fingerprint density at radius 2 is 1.96 bits per heavy atom. The number of phenols is 1. The number of ether oxygens (including phenoxy) is 1. The van der Waals surface area contributed by atoms with Crippen molar-refractivity contribution in [1.82, 2.24) is 9.97 Å². The zero-order valence-corrected chi connectivity index (χ0v) is 15.9. The van der Waals surface area contributed by atoms with Crippen LogP contribution in [0.2, 0.25) is 0 Å². The standard InChI is InChI=1S/C21H17N3O3S/c1-27-19(26)9-13-5-7-14(8-6-13)18-11-17-20(28-18)21(23-12-22-17)24-15-3-2-4-16(25)10-15/h2-8,10-12,25H,9H2,1H3,(H,22,23,24)/p+1. The molecule has 0 bridgehead atoms. The summed E-state index contributed by atoms with van der Waals surface area (Å²) in [5, 5.41) is 12.9. The molecule has 0 radical (unpaired) electrons. The zero-order chi connectivity index (χ0) is 19.5. The number of aromatic hydroxyl groups is 1. The van der Waals surface area contributed by atoms with Crippen LogP contribution in [-0.4, -0.2) is 32.9 Å². The Labute approximate surface area is 165 Å². The van der Waals surface area contributed by atoms with Gasteiger partial charge in [-0.2, -0.15) is 0 Å². The largest absolute Gasteiger partial charge is 0.508 e. The molecule has 0 fully saturated rings. The molecule has 2 aromatic carbocycles. The van der Waals surface area contributed by atoms with E-state index in [0.29, 0.717) is 12.2 Å². The Balaban J connectivity index is 1.64. The van der Waals surface area contributed by atoms with E-state index in [4.69, 9.17) is 4.74 Å². The number of rotatable bonds is 5. The van der Waals surface area contributed by atoms with Crippen molar-refractivity contribution in [2.75, 3.05) is 12.4 Å². The van der Waals surface area contributed by atoms with E-state index in [1.165, 1.54) is 13.4 Å². The lowest BCUT2D eigenvalue weighted by Crippen LogP contribution is -2.04. The number of hydrogen-bond acceptors (Lipinski definition) is 6. The summed E-state index contributed by atoms with van der Waals surface area (Å²) < 4.78 is 5.75. The van der Waals surface area contributed by atoms with Gasteiger partial charge in [-0.05, 0) is 29.3 Å². The van der Waals surface area contributed by atoms with Gasteiger partial charge in [0.2, 0.25) is 0 Å². The van der Waals surface area contributed by atoms with Gasteiger partial charge in [0.1, 0.15) is 18.5 Å². The van der Waals surface area contributed by atoms with Crippen LogP contribution in [-0.2, 0) is 11.2 Å². The van der Waals surface area contributed by atoms with E-state index in [1.807, 2.05) is 36.4 Å². The summed E-state index contributed by atoms with van der Waals surface area (Å²) in [6.07, 6.45) is 1.89. The second-order valence-electron chi connectivity index (χ2n) is 6.19. The Kier molecular flexibility index (Phi) is 4.90. The molecule has 0 amide bonds. The van der Waals surface area contributed by atoms with Crippen molar-refractivity contribution in [3.63, 3.8) is 0 Å². The van der Waals surface area contributed by atoms with Crippen LogP contribution in [0.25, 0.3) is 20.7 Å². The van der Waals surface area contributed by atoms with E-state index in [9.17, 15) is 9.90 Å². The van der Waals surface area contributed by atoms with E-state index in [-0.39, 0.29) is 11.7 Å². The number of benzene rings is 2. The first-order valence-corrected chi connectivity index (χ1v) is 9.43. The van der Waals surface area contributed by atoms with E-state index in [0.717, 1.165) is 31.9 Å². The Morgan fingerprint density at radius 1 is 1.14 bits per heavy atom. The van der Waals surface area contributed by atoms with Crippen molar-refractivity contribution in [3.05, 3.63) is 66.5 Å². The fourth-order valence-corrected chi connectivity index (χ4v) is 3.90. The molecule has 28 heavy (non-hydrogen) atoms. The number of anilines is 2. The number of nitrogens with zero attached hydrogens (tertiary/aromatic N) is 2. The van der Waals surface area contributed by atoms with Gasteiger partial charge >= 0.3 is 5.97 Å². The summed E-state index contributed by atoms with van der Waals surface area (Å²) in [5.41, 5.74) is 3.64. The number of fused-ring (bicyclic) bond motifs is 1. The lowest BCUT2D eigenvalue weighted by Gasteiger charge is -2.06. The molecular weight excluding hydrogens is 374 g/mol. The molecule has 2 heterocycles. The highest BCUT2D eigenvalue weighted by molar-refractivity contribution is 7.22. The number of methoxy groups -OCH3 is 1. The average Bonchev–Trinajstić information content (AvgIpc) is 3.14. The third-order valence-electron chi connectivity index (χ3n) is 4.25. The Hall–Kier alpha value is -3.45. The minimum atomic E-state index is -0.00690. The van der Waals surface area contributed by atoms with E-state index in [2.05, 4.69) is 15.3 Å². The molecule has 4 rings (SSSR count). The maximum absolute atomic E-state index is 9.65. The number of thiophene rings is 1. The summed E-state index contributed by atoms with van der Waals surface area (Å²) in [4.78, 5) is 19.3. The minimum Gasteiger partial charge on any atom is -0.508 e. The smallest absolute Gasteiger partial charge is 0.486 e. The Morgan fingerprint density at radius 3 is 2.71 bits per heavy atom. The molecule has 140 valence electrons. The Bertz CT molecular complexity index is 1140. The molecule has 0 unspecified atom stereocenters. The topological polar surface area (TPSA) is 88.7 Å². The van der Waals surface area contributed by atoms with E-state index >= 15 is 0 Å². The maximum Gasteiger partial charge on any atom is 0.486 e. The number of hydrogen-bond donors (Lipinski definition) is 2. The quantitative estimate of drug-likeness (QED) is 0.386. The van der Waals surface area contributed by atoms with Gasteiger partial charge in [0.05, 0.1) is 10.2 Å². The molecule has 2 aromatic heterocycles. The monoisotopic (exact) mass is 392 g/mol. The predicted octanol–water partition coefficient (Wildman–Crippen LogP) is 4.50. The van der Waals surface area contributed by atoms with Gasteiger partial charge in [-0.3, -0.25) is 0 Å². The highest BCUT2D eigenvalue weighted by Gasteiger charge is 2.13. The van der Waals surface area contributed by atoms with Crippen LogP contribution in [0.3, 0.4) is 0 Å². The van der Waals surface area contributed by atoms with Gasteiger partial charge in [-0.1, -0.05) is 30.3 Å². The molecule has 0 aliphatic rings. The third-order valence-corrected chi connectivity index (χ3v) is 5.43. The number of phenolic OH excluding ortho intramolecular Hbond substituents is 1. The molecule has 0 saturated heterocycles. The number of esters is 1. The molecule has 4 aromatic rings. The van der Waals surface area contributed by atoms with Gasteiger partial charge in [0.15, 0.2) is 12.9 Å². The van der Waals surface area contributed by atoms with E-state index < -0.39 is 0 Å². The average molecular weight is 392 g/mol. The lowest BCUT2D eigenvalue weighted by atomic mass is 10.1. The first-order chi connectivity index (χ1) is 13.6. The van der Waals surface area contributed by atoms with Crippen LogP contribution >= 0.6 is 11.3 Å². The fraction of sp³-hybridized carbons (Fsp3) is 0.0952. The van der Waals surface area contributed by atoms with Crippen LogP contribution in [0, 0.1) is 0 Å². The summed E-state index contributed by atoms with van der Waals surface area (Å²) in [6, 6.07) is 16.9. The van der Waals surface area contributed by atoms with Crippen molar-refractivity contribution in [2.45, 2.75) is 6.42 Å². The van der Waals surface area contributed by atoms with Gasteiger partial charge < -0.3 is 20.0 Å². The number of nitrogens with one attached hydrogen (secondary N) is 1. The molecule has 0 aliphatic heterocycles. The van der Waals surface area contributed by atoms with Crippen molar-refractivity contribution in [1.29, 1.82) is 0 Å². The summed E-state index contributed by atoms with van der Waals surface area (Å²) in [5.74, 6) is 0.884. The predicted molar refractivity (Wildman–Crippen MR) is 112 cm³/mol. The molecule has 0 aliphatic carbocycles. The van der Waals surface area contributed by atoms with Crippen LogP contribution in [0.1, 0.15) is 5.56 Å². The molecular formula is C21H18N3O3S+. The van der Waals surface area contributed by atoms with Gasteiger partial charge in [-0.15, -0.1) is 11.3 Å². The van der Waals surface area contributed by atoms with Gasteiger partial charge in [-0.25, -0.2) is 9.97 Å². The number of carbonyl (C=O) groups excluding carboxylic acids is 1. The maximum atomic E-state index is 9.65. The molecule has 7 heteroatoms. The second kappa shape index (κ2) is 7.66. The van der Waals surface area contributed by atoms with Crippen molar-refractivity contribution < 1.29 is 14.6 Å². The SMILES string of the molecule is COC(=[OH+])Cc1ccc(-c2cc3ncnc(Nc4cccc(O)c4)c3s2)cc1. The second-order valence-corrected chi connectivity index (χ2v) is 7.25. The minimum absolute atomic E-state index is 0.00690. The third kappa shape index (κ3) is 3.79. The molecule has 6 nitrogen and oxygen atoms in total. The van der Waals surface area contributed by atoms with Crippen molar-refractivity contribution in [3.8, 4) is 16.2 Å². The van der Waals surface area contributed by atoms with Gasteiger partial charge in [0.25, 0.3) is 0 Å². The zero-order valence-electron chi connectivity index (χ0n) is 15.1. The van der Waals surface area contributed by atoms with Crippen LogP contribution < -0.4 is 5.32 Å². The summed E-state index contributed by atoms with van der Waals surface area (Å²) in [6.45, 7) is 0. The highest BCUT2D eigenvalue weighted by Crippen LogP contribution is 2.36. The molecule has 3 N–H and O–H groups in total. The molecule has 0 saturated carbocycles. The van der Waals surface area contributed by atoms with Gasteiger partial charge in [0, 0.05) is 16.6 Å². The van der Waals surface area contributed by atoms with E-state index in [1.54, 1.807) is 29.5 Å². The normalized spacial score (nSPS) is 10.8. The van der Waals surface area contributed by atoms with Crippen LogP contribution in [0.15, 0.2) is 60.9 Å². The fourth-order valence-electron chi connectivity index (χ4n) is 2.84. The summed E-state index contributed by atoms with van der Waals surface area (Å²) in [7, 11) is 1.45. The van der Waals surface area contributed by atoms with Crippen molar-refractivity contribution in [2.24, 2.45) is 0 Å². The van der Waals surface area contributed by atoms with Crippen molar-refractivity contribution >= 4 is 39.0 Å². The molecule has 0 spiro atoms. The summed E-state index contributed by atoms with van der Waals surface area (Å²) >= 11 is 1.60. The highest BCUT2D eigenvalue weighted by atomic mass is 32.1. The van der Waals surface area contributed by atoms with Crippen LogP contribution in [0.4, 0.5) is 11.5 Å². The molecule has 0 atom stereocenters. The first kappa shape index (κ1) is 17.9.